The van der Waals surface area contributed by atoms with Gasteiger partial charge in [-0.2, -0.15) is 0 Å². The lowest BCUT2D eigenvalue weighted by Gasteiger charge is -2.37. The summed E-state index contributed by atoms with van der Waals surface area (Å²) in [6.07, 6.45) is 6.39. The van der Waals surface area contributed by atoms with E-state index in [1.807, 2.05) is 79.7 Å². The van der Waals surface area contributed by atoms with Crippen LogP contribution in [0.2, 0.25) is 0 Å². The number of rotatable bonds is 13. The van der Waals surface area contributed by atoms with Crippen LogP contribution in [0.25, 0.3) is 0 Å². The van der Waals surface area contributed by atoms with Crippen LogP contribution in [0.15, 0.2) is 224 Å². The van der Waals surface area contributed by atoms with E-state index in [-0.39, 0.29) is 0 Å². The second-order valence-electron chi connectivity index (χ2n) is 13.3. The molecule has 7 aromatic rings. The Morgan fingerprint density at radius 1 is 0.537 bits per heavy atom. The van der Waals surface area contributed by atoms with Crippen molar-refractivity contribution in [2.24, 2.45) is 0 Å². The van der Waals surface area contributed by atoms with Crippen molar-refractivity contribution in [1.29, 1.82) is 0 Å². The van der Waals surface area contributed by atoms with E-state index in [0.29, 0.717) is 6.61 Å². The summed E-state index contributed by atoms with van der Waals surface area (Å²) in [5.41, 5.74) is 5.07. The summed E-state index contributed by atoms with van der Waals surface area (Å²) in [7, 11) is -4.12. The van der Waals surface area contributed by atoms with E-state index in [1.165, 1.54) is 16.2 Å². The number of benzene rings is 7. The Balaban J connectivity index is 1.31. The third-order valence-electron chi connectivity index (χ3n) is 9.97. The normalized spacial score (nSPS) is 13.2. The molecule has 266 valence electrons. The van der Waals surface area contributed by atoms with Crippen LogP contribution in [-0.2, 0) is 21.1 Å². The number of hydrogen-bond acceptors (Lipinski definition) is 2. The lowest BCUT2D eigenvalue weighted by Crippen LogP contribution is -2.32. The van der Waals surface area contributed by atoms with E-state index in [4.69, 9.17) is 4.52 Å². The van der Waals surface area contributed by atoms with Crippen LogP contribution in [0.4, 0.5) is 0 Å². The minimum atomic E-state index is -3.14. The Bertz CT molecular complexity index is 2260. The minimum absolute atomic E-state index is 0.491. The molecule has 0 bridgehead atoms. The minimum Gasteiger partial charge on any atom is -0.345 e. The van der Waals surface area contributed by atoms with Crippen LogP contribution in [0.3, 0.4) is 0 Å². The lowest BCUT2D eigenvalue weighted by atomic mass is 9.65. The van der Waals surface area contributed by atoms with Crippen LogP contribution in [0, 0.1) is 0 Å². The van der Waals surface area contributed by atoms with Crippen molar-refractivity contribution in [2.45, 2.75) is 25.9 Å². The summed E-state index contributed by atoms with van der Waals surface area (Å²) in [4.78, 5) is 0. The van der Waals surface area contributed by atoms with Crippen LogP contribution in [-0.4, -0.2) is 0 Å². The maximum absolute atomic E-state index is 15.3. The molecule has 0 fully saturated rings. The molecule has 0 N–H and O–H groups in total. The summed E-state index contributed by atoms with van der Waals surface area (Å²) >= 11 is 0. The van der Waals surface area contributed by atoms with E-state index >= 15 is 4.57 Å². The SMILES string of the molecule is CC=CC=C(C)C(c1ccccc1)(c1ccc(COP(c2ccccc2)c2ccccc2)cc1)c1ccc(P(=O)(c2ccccc2)c2ccccc2)cc1. The molecule has 0 saturated carbocycles. The average Bonchev–Trinajstić information content (AvgIpc) is 3.25. The van der Waals surface area contributed by atoms with Crippen LogP contribution < -0.4 is 26.5 Å². The van der Waals surface area contributed by atoms with Gasteiger partial charge in [0.1, 0.15) is 0 Å². The van der Waals surface area contributed by atoms with Gasteiger partial charge in [0.25, 0.3) is 0 Å². The van der Waals surface area contributed by atoms with Crippen LogP contribution in [0.1, 0.15) is 36.1 Å². The first-order valence-corrected chi connectivity index (χ1v) is 21.3. The molecule has 2 nitrogen and oxygen atoms in total. The zero-order valence-corrected chi connectivity index (χ0v) is 32.5. The monoisotopic (exact) mass is 738 g/mol. The van der Waals surface area contributed by atoms with Crippen molar-refractivity contribution >= 4 is 41.8 Å². The van der Waals surface area contributed by atoms with Crippen LogP contribution >= 0.6 is 15.3 Å². The van der Waals surface area contributed by atoms with Gasteiger partial charge >= 0.3 is 0 Å². The Morgan fingerprint density at radius 3 is 1.39 bits per heavy atom. The van der Waals surface area contributed by atoms with Crippen molar-refractivity contribution in [2.75, 3.05) is 0 Å². The molecule has 1 unspecified atom stereocenters. The molecule has 54 heavy (non-hydrogen) atoms. The zero-order valence-electron chi connectivity index (χ0n) is 30.7. The van der Waals surface area contributed by atoms with Crippen molar-refractivity contribution in [3.05, 3.63) is 246 Å². The molecule has 0 heterocycles. The van der Waals surface area contributed by atoms with Gasteiger partial charge in [0, 0.05) is 26.5 Å². The summed E-state index contributed by atoms with van der Waals surface area (Å²) in [6.45, 7) is 4.75. The summed E-state index contributed by atoms with van der Waals surface area (Å²) in [5, 5.41) is 4.83. The predicted molar refractivity (Wildman–Crippen MR) is 231 cm³/mol. The lowest BCUT2D eigenvalue weighted by molar-refractivity contribution is 0.350. The van der Waals surface area contributed by atoms with Gasteiger partial charge in [0.05, 0.1) is 20.2 Å². The third-order valence-corrected chi connectivity index (χ3v) is 15.0. The van der Waals surface area contributed by atoms with Gasteiger partial charge in [-0.15, -0.1) is 0 Å². The Labute approximate surface area is 321 Å². The van der Waals surface area contributed by atoms with Gasteiger partial charge in [0.2, 0.25) is 0 Å². The van der Waals surface area contributed by atoms with Crippen molar-refractivity contribution in [3.63, 3.8) is 0 Å². The predicted octanol–water partition coefficient (Wildman–Crippen LogP) is 10.7. The van der Waals surface area contributed by atoms with Crippen LogP contribution in [0.5, 0.6) is 0 Å². The van der Waals surface area contributed by atoms with E-state index in [0.717, 1.165) is 38.2 Å². The molecule has 0 radical (unpaired) electrons. The Morgan fingerprint density at radius 2 is 0.926 bits per heavy atom. The molecular formula is C50H44O2P2. The molecule has 0 spiro atoms. The first kappa shape index (κ1) is 37.0. The molecule has 0 saturated heterocycles. The summed E-state index contributed by atoms with van der Waals surface area (Å²) in [5.74, 6) is 0. The van der Waals surface area contributed by atoms with Gasteiger partial charge < -0.3 is 9.09 Å². The molecule has 0 aromatic heterocycles. The first-order chi connectivity index (χ1) is 26.5. The fourth-order valence-electron chi connectivity index (χ4n) is 7.30. The fourth-order valence-corrected chi connectivity index (χ4v) is 11.7. The van der Waals surface area contributed by atoms with E-state index in [1.54, 1.807) is 0 Å². The number of hydrogen-bond donors (Lipinski definition) is 0. The second kappa shape index (κ2) is 17.2. The van der Waals surface area contributed by atoms with E-state index < -0.39 is 20.7 Å². The Kier molecular flexibility index (Phi) is 11.8. The van der Waals surface area contributed by atoms with Crippen molar-refractivity contribution in [3.8, 4) is 0 Å². The van der Waals surface area contributed by atoms with Gasteiger partial charge in [-0.1, -0.05) is 224 Å². The summed E-state index contributed by atoms with van der Waals surface area (Å²) < 4.78 is 22.0. The molecule has 1 atom stereocenters. The zero-order chi connectivity index (χ0) is 37.2. The third kappa shape index (κ3) is 7.52. The summed E-state index contributed by atoms with van der Waals surface area (Å²) in [6, 6.07) is 68.9. The Hall–Kier alpha value is -5.36. The molecule has 0 aliphatic heterocycles. The van der Waals surface area contributed by atoms with Crippen molar-refractivity contribution < 1.29 is 9.09 Å². The highest BCUT2D eigenvalue weighted by Gasteiger charge is 2.39. The molecule has 7 rings (SSSR count). The standard InChI is InChI=1S/C50H44O2P2/c1-3-4-20-40(2)50(42-21-10-5-11-22-42,44-35-37-49(38-36-44)54(51,47-27-16-8-17-28-47)48-29-18-9-19-30-48)43-33-31-41(32-34-43)39-52-53(45-23-12-6-13-24-45)46-25-14-7-15-26-46/h3-38H,39H2,1-2H3. The maximum atomic E-state index is 15.3. The molecule has 7 aromatic carbocycles. The fraction of sp³-hybridized carbons (Fsp3) is 0.0800. The molecule has 0 amide bonds. The van der Waals surface area contributed by atoms with E-state index in [9.17, 15) is 0 Å². The number of allylic oxidation sites excluding steroid dienone is 4. The highest BCUT2D eigenvalue weighted by Crippen LogP contribution is 2.47. The molecule has 0 aliphatic carbocycles. The van der Waals surface area contributed by atoms with Gasteiger partial charge in [-0.25, -0.2) is 0 Å². The van der Waals surface area contributed by atoms with Gasteiger partial charge in [-0.3, -0.25) is 0 Å². The topological polar surface area (TPSA) is 26.3 Å². The largest absolute Gasteiger partial charge is 0.345 e. The molecule has 0 aliphatic rings. The average molecular weight is 739 g/mol. The second-order valence-corrected chi connectivity index (χ2v) is 17.9. The van der Waals surface area contributed by atoms with Gasteiger partial charge in [-0.05, 0) is 36.1 Å². The van der Waals surface area contributed by atoms with E-state index in [2.05, 4.69) is 153 Å². The molecular weight excluding hydrogens is 694 g/mol. The highest BCUT2D eigenvalue weighted by molar-refractivity contribution is 7.85. The smallest absolute Gasteiger partial charge is 0.171 e. The van der Waals surface area contributed by atoms with Crippen molar-refractivity contribution in [1.82, 2.24) is 0 Å². The maximum Gasteiger partial charge on any atom is 0.171 e. The highest BCUT2D eigenvalue weighted by atomic mass is 31.2. The van der Waals surface area contributed by atoms with Gasteiger partial charge in [0.15, 0.2) is 7.14 Å². The molecule has 4 heteroatoms. The first-order valence-electron chi connectivity index (χ1n) is 18.4. The quantitative estimate of drug-likeness (QED) is 0.0669.